The molecule has 0 fully saturated rings. The van der Waals surface area contributed by atoms with Gasteiger partial charge in [-0.2, -0.15) is 0 Å². The van der Waals surface area contributed by atoms with Crippen molar-refractivity contribution in [3.8, 4) is 0 Å². The fourth-order valence-corrected chi connectivity index (χ4v) is 1.33. The molecule has 2 nitrogen and oxygen atoms in total. The van der Waals surface area contributed by atoms with Crippen LogP contribution in [0.3, 0.4) is 0 Å². The van der Waals surface area contributed by atoms with Crippen molar-refractivity contribution in [3.05, 3.63) is 42.0 Å². The van der Waals surface area contributed by atoms with Gasteiger partial charge >= 0.3 is 0 Å². The van der Waals surface area contributed by atoms with Crippen LogP contribution in [-0.4, -0.2) is 16.2 Å². The minimum absolute atomic E-state index is 0.393. The Balaban J connectivity index is 3.02. The molecule has 0 unspecified atom stereocenters. The van der Waals surface area contributed by atoms with Gasteiger partial charge in [-0.05, 0) is 6.92 Å². The average Bonchev–Trinajstić information content (AvgIpc) is 2.28. The maximum absolute atomic E-state index is 11.6. The van der Waals surface area contributed by atoms with Gasteiger partial charge in [-0.25, -0.2) is 0 Å². The van der Waals surface area contributed by atoms with Gasteiger partial charge in [0.2, 0.25) is 5.78 Å². The topological polar surface area (TPSA) is 26.3 Å². The number of alkyl halides is 3. The smallest absolute Gasteiger partial charge is 0.252 e. The van der Waals surface area contributed by atoms with Gasteiger partial charge in [0.15, 0.2) is 0 Å². The lowest BCUT2D eigenvalue weighted by Crippen LogP contribution is -2.16. The molecular formula is C12H11Cl3O2. The van der Waals surface area contributed by atoms with E-state index in [0.717, 1.165) is 5.56 Å². The Hall–Kier alpha value is -0.700. The Morgan fingerprint density at radius 3 is 2.35 bits per heavy atom. The number of rotatable bonds is 4. The molecule has 0 aliphatic carbocycles. The van der Waals surface area contributed by atoms with E-state index in [9.17, 15) is 4.79 Å². The Morgan fingerprint density at radius 1 is 1.29 bits per heavy atom. The highest BCUT2D eigenvalue weighted by Crippen LogP contribution is 2.29. The summed E-state index contributed by atoms with van der Waals surface area (Å²) in [6.07, 6.45) is 1.20. The van der Waals surface area contributed by atoms with E-state index in [0.29, 0.717) is 12.4 Å². The van der Waals surface area contributed by atoms with Gasteiger partial charge in [-0.15, -0.1) is 0 Å². The molecule has 0 saturated carbocycles. The summed E-state index contributed by atoms with van der Waals surface area (Å²) >= 11 is 16.5. The van der Waals surface area contributed by atoms with Crippen molar-refractivity contribution in [1.82, 2.24) is 0 Å². The SMILES string of the molecule is CCO/C(=C\C(=O)C(Cl)(Cl)Cl)c1ccccc1. The van der Waals surface area contributed by atoms with E-state index in [1.54, 1.807) is 0 Å². The van der Waals surface area contributed by atoms with E-state index in [4.69, 9.17) is 39.5 Å². The third-order valence-corrected chi connectivity index (χ3v) is 2.46. The molecule has 0 atom stereocenters. The quantitative estimate of drug-likeness (QED) is 0.476. The maximum atomic E-state index is 11.6. The molecule has 1 rings (SSSR count). The molecule has 0 spiro atoms. The number of ketones is 1. The molecule has 5 heteroatoms. The second kappa shape index (κ2) is 6.29. The number of carbonyl (C=O) groups excluding carboxylic acids is 1. The van der Waals surface area contributed by atoms with Crippen molar-refractivity contribution in [3.63, 3.8) is 0 Å². The number of carbonyl (C=O) groups is 1. The van der Waals surface area contributed by atoms with Crippen molar-refractivity contribution in [2.45, 2.75) is 10.7 Å². The van der Waals surface area contributed by atoms with Crippen molar-refractivity contribution in [2.75, 3.05) is 6.61 Å². The first kappa shape index (κ1) is 14.4. The molecule has 0 aromatic heterocycles. The Bertz CT molecular complexity index is 408. The van der Waals surface area contributed by atoms with Crippen LogP contribution in [0.4, 0.5) is 0 Å². The predicted molar refractivity (Wildman–Crippen MR) is 71.3 cm³/mol. The summed E-state index contributed by atoms with van der Waals surface area (Å²) in [5.74, 6) is -0.237. The normalized spacial score (nSPS) is 12.4. The van der Waals surface area contributed by atoms with Crippen LogP contribution in [0.1, 0.15) is 12.5 Å². The van der Waals surface area contributed by atoms with Gasteiger partial charge in [0.1, 0.15) is 5.76 Å². The van der Waals surface area contributed by atoms with Crippen molar-refractivity contribution in [2.24, 2.45) is 0 Å². The summed E-state index contributed by atoms with van der Waals surface area (Å²) in [6, 6.07) is 9.16. The zero-order valence-corrected chi connectivity index (χ0v) is 11.4. The largest absolute Gasteiger partial charge is 0.493 e. The summed E-state index contributed by atoms with van der Waals surface area (Å²) in [6.45, 7) is 2.24. The van der Waals surface area contributed by atoms with Crippen LogP contribution in [0.5, 0.6) is 0 Å². The van der Waals surface area contributed by atoms with Gasteiger partial charge in [0.25, 0.3) is 3.79 Å². The monoisotopic (exact) mass is 292 g/mol. The number of hydrogen-bond donors (Lipinski definition) is 0. The van der Waals surface area contributed by atoms with Gasteiger partial charge < -0.3 is 4.74 Å². The van der Waals surface area contributed by atoms with Crippen LogP contribution in [0, 0.1) is 0 Å². The van der Waals surface area contributed by atoms with Crippen molar-refractivity contribution < 1.29 is 9.53 Å². The summed E-state index contributed by atoms with van der Waals surface area (Å²) in [7, 11) is 0. The van der Waals surface area contributed by atoms with E-state index < -0.39 is 9.58 Å². The molecule has 17 heavy (non-hydrogen) atoms. The number of allylic oxidation sites excluding steroid dienone is 1. The fourth-order valence-electron chi connectivity index (χ4n) is 1.17. The Morgan fingerprint density at radius 2 is 1.88 bits per heavy atom. The first-order valence-corrected chi connectivity index (χ1v) is 6.09. The molecule has 0 amide bonds. The highest BCUT2D eigenvalue weighted by molar-refractivity contribution is 6.77. The third kappa shape index (κ3) is 4.58. The molecule has 0 saturated heterocycles. The minimum atomic E-state index is -1.96. The fraction of sp³-hybridized carbons (Fsp3) is 0.250. The zero-order chi connectivity index (χ0) is 12.9. The molecular weight excluding hydrogens is 282 g/mol. The zero-order valence-electron chi connectivity index (χ0n) is 9.12. The predicted octanol–water partition coefficient (Wildman–Crippen LogP) is 4.00. The van der Waals surface area contributed by atoms with Crippen LogP contribution >= 0.6 is 34.8 Å². The summed E-state index contributed by atoms with van der Waals surface area (Å²) in [5, 5.41) is 0. The third-order valence-electron chi connectivity index (χ3n) is 1.90. The molecule has 0 aliphatic rings. The standard InChI is InChI=1S/C12H11Cl3O2/c1-2-17-10(8-11(16)12(13,14)15)9-6-4-3-5-7-9/h3-8H,2H2,1H3/b10-8-. The van der Waals surface area contributed by atoms with E-state index in [2.05, 4.69) is 0 Å². The van der Waals surface area contributed by atoms with Crippen LogP contribution in [0.25, 0.3) is 5.76 Å². The molecule has 1 aromatic carbocycles. The first-order valence-electron chi connectivity index (χ1n) is 4.96. The lowest BCUT2D eigenvalue weighted by Gasteiger charge is -2.11. The number of ether oxygens (including phenoxy) is 1. The summed E-state index contributed by atoms with van der Waals surface area (Å²) in [4.78, 5) is 11.6. The number of hydrogen-bond acceptors (Lipinski definition) is 2. The molecule has 0 N–H and O–H groups in total. The van der Waals surface area contributed by atoms with Crippen LogP contribution in [0.15, 0.2) is 36.4 Å². The highest BCUT2D eigenvalue weighted by Gasteiger charge is 2.29. The first-order chi connectivity index (χ1) is 7.95. The van der Waals surface area contributed by atoms with Crippen LogP contribution < -0.4 is 0 Å². The second-order valence-electron chi connectivity index (χ2n) is 3.17. The number of benzene rings is 1. The van der Waals surface area contributed by atoms with Crippen molar-refractivity contribution in [1.29, 1.82) is 0 Å². The molecule has 0 heterocycles. The Labute approximate surface area is 115 Å². The van der Waals surface area contributed by atoms with E-state index >= 15 is 0 Å². The van der Waals surface area contributed by atoms with Crippen LogP contribution in [-0.2, 0) is 9.53 Å². The second-order valence-corrected chi connectivity index (χ2v) is 5.45. The lowest BCUT2D eigenvalue weighted by molar-refractivity contribution is -0.113. The van der Waals surface area contributed by atoms with E-state index in [1.807, 2.05) is 37.3 Å². The molecule has 0 aliphatic heterocycles. The number of halogens is 3. The molecule has 0 radical (unpaired) electrons. The lowest BCUT2D eigenvalue weighted by atomic mass is 10.1. The van der Waals surface area contributed by atoms with Gasteiger partial charge in [-0.1, -0.05) is 65.1 Å². The van der Waals surface area contributed by atoms with Crippen LogP contribution in [0.2, 0.25) is 0 Å². The van der Waals surface area contributed by atoms with Gasteiger partial charge in [-0.3, -0.25) is 4.79 Å². The van der Waals surface area contributed by atoms with Crippen molar-refractivity contribution >= 4 is 46.3 Å². The maximum Gasteiger partial charge on any atom is 0.252 e. The highest BCUT2D eigenvalue weighted by atomic mass is 35.6. The van der Waals surface area contributed by atoms with Gasteiger partial charge in [0.05, 0.1) is 6.61 Å². The van der Waals surface area contributed by atoms with E-state index in [1.165, 1.54) is 6.08 Å². The summed E-state index contributed by atoms with van der Waals surface area (Å²) in [5.41, 5.74) is 0.761. The molecule has 1 aromatic rings. The van der Waals surface area contributed by atoms with Gasteiger partial charge in [0, 0.05) is 11.6 Å². The minimum Gasteiger partial charge on any atom is -0.493 e. The molecule has 92 valence electrons. The molecule has 0 bridgehead atoms. The average molecular weight is 294 g/mol. The summed E-state index contributed by atoms with van der Waals surface area (Å²) < 4.78 is 3.40. The van der Waals surface area contributed by atoms with E-state index in [-0.39, 0.29) is 0 Å². The Kier molecular flexibility index (Phi) is 5.31.